The molecule has 66 valence electrons. The van der Waals surface area contributed by atoms with E-state index in [0.717, 1.165) is 24.0 Å². The molecule has 1 unspecified atom stereocenters. The Balaban J connectivity index is 2.72. The van der Waals surface area contributed by atoms with E-state index in [1.165, 1.54) is 0 Å². The van der Waals surface area contributed by atoms with Crippen LogP contribution in [-0.2, 0) is 9.53 Å². The summed E-state index contributed by atoms with van der Waals surface area (Å²) in [5.74, 6) is -0.230. The van der Waals surface area contributed by atoms with Gasteiger partial charge in [0.2, 0.25) is 0 Å². The molecule has 0 amide bonds. The largest absolute Gasteiger partial charge is 0.454 e. The Bertz CT molecular complexity index is 238. The van der Waals surface area contributed by atoms with E-state index >= 15 is 0 Å². The maximum Gasteiger partial charge on any atom is 0.331 e. The lowest BCUT2D eigenvalue weighted by Gasteiger charge is -2.12. The number of esters is 1. The molecule has 0 aliphatic carbocycles. The molecule has 2 heteroatoms. The Labute approximate surface area is 72.9 Å². The Morgan fingerprint density at radius 1 is 1.75 bits per heavy atom. The molecule has 0 N–H and O–H groups in total. The molecule has 1 aliphatic rings. The van der Waals surface area contributed by atoms with Gasteiger partial charge >= 0.3 is 5.97 Å². The van der Waals surface area contributed by atoms with Gasteiger partial charge in [-0.05, 0) is 13.3 Å². The number of cyclic esters (lactones) is 1. The highest BCUT2D eigenvalue weighted by Crippen LogP contribution is 2.24. The summed E-state index contributed by atoms with van der Waals surface area (Å²) in [6.45, 7) is 7.77. The fourth-order valence-electron chi connectivity index (χ4n) is 1.33. The van der Waals surface area contributed by atoms with Crippen LogP contribution >= 0.6 is 0 Å². The third-order valence-corrected chi connectivity index (χ3v) is 1.92. The van der Waals surface area contributed by atoms with Crippen LogP contribution in [0.4, 0.5) is 0 Å². The number of rotatable bonds is 3. The van der Waals surface area contributed by atoms with E-state index in [1.54, 1.807) is 6.08 Å². The molecule has 0 spiro atoms. The maximum atomic E-state index is 10.9. The average Bonchev–Trinajstić information content (AvgIpc) is 2.32. The molecule has 1 atom stereocenters. The second-order valence-corrected chi connectivity index (χ2v) is 3.09. The zero-order valence-electron chi connectivity index (χ0n) is 7.59. The van der Waals surface area contributed by atoms with Gasteiger partial charge in [0, 0.05) is 11.6 Å². The van der Waals surface area contributed by atoms with E-state index in [-0.39, 0.29) is 12.1 Å². The van der Waals surface area contributed by atoms with Crippen LogP contribution in [0.2, 0.25) is 0 Å². The van der Waals surface area contributed by atoms with Crippen LogP contribution in [0.5, 0.6) is 0 Å². The van der Waals surface area contributed by atoms with Crippen LogP contribution in [0.25, 0.3) is 0 Å². The van der Waals surface area contributed by atoms with Gasteiger partial charge in [-0.1, -0.05) is 25.5 Å². The second-order valence-electron chi connectivity index (χ2n) is 3.09. The van der Waals surface area contributed by atoms with Gasteiger partial charge in [-0.2, -0.15) is 0 Å². The first-order valence-corrected chi connectivity index (χ1v) is 4.23. The molecule has 12 heavy (non-hydrogen) atoms. The van der Waals surface area contributed by atoms with Gasteiger partial charge in [-0.25, -0.2) is 4.79 Å². The summed E-state index contributed by atoms with van der Waals surface area (Å²) in [7, 11) is 0. The normalized spacial score (nSPS) is 22.0. The summed E-state index contributed by atoms with van der Waals surface area (Å²) in [6, 6.07) is 0. The average molecular weight is 166 g/mol. The van der Waals surface area contributed by atoms with E-state index in [4.69, 9.17) is 4.74 Å². The van der Waals surface area contributed by atoms with Gasteiger partial charge in [-0.15, -0.1) is 0 Å². The van der Waals surface area contributed by atoms with Crippen molar-refractivity contribution in [2.24, 2.45) is 0 Å². The standard InChI is InChI=1S/C10H14O2/c1-4-5-9-8(7(2)3)6-10(11)12-9/h6,9H,2,4-5H2,1,3H3. The number of hydrogen-bond acceptors (Lipinski definition) is 2. The van der Waals surface area contributed by atoms with Crippen molar-refractivity contribution in [3.05, 3.63) is 23.8 Å². The van der Waals surface area contributed by atoms with Crippen LogP contribution in [0.3, 0.4) is 0 Å². The fourth-order valence-corrected chi connectivity index (χ4v) is 1.33. The number of carbonyl (C=O) groups is 1. The molecule has 1 aliphatic heterocycles. The van der Waals surface area contributed by atoms with Gasteiger partial charge in [0.15, 0.2) is 0 Å². The van der Waals surface area contributed by atoms with Crippen molar-refractivity contribution in [2.75, 3.05) is 0 Å². The lowest BCUT2D eigenvalue weighted by atomic mass is 10.0. The summed E-state index contributed by atoms with van der Waals surface area (Å²) in [6.07, 6.45) is 3.41. The van der Waals surface area contributed by atoms with E-state index in [9.17, 15) is 4.79 Å². The molecule has 0 fully saturated rings. The highest BCUT2D eigenvalue weighted by Gasteiger charge is 2.25. The van der Waals surface area contributed by atoms with Crippen molar-refractivity contribution < 1.29 is 9.53 Å². The Morgan fingerprint density at radius 2 is 2.42 bits per heavy atom. The fraction of sp³-hybridized carbons (Fsp3) is 0.500. The van der Waals surface area contributed by atoms with E-state index in [2.05, 4.69) is 13.5 Å². The SMILES string of the molecule is C=C(C)C1=CC(=O)OC1CCC. The number of hydrogen-bond donors (Lipinski definition) is 0. The maximum absolute atomic E-state index is 10.9. The summed E-state index contributed by atoms with van der Waals surface area (Å²) < 4.78 is 5.08. The van der Waals surface area contributed by atoms with Crippen molar-refractivity contribution in [1.82, 2.24) is 0 Å². The lowest BCUT2D eigenvalue weighted by Crippen LogP contribution is -2.11. The monoisotopic (exact) mass is 166 g/mol. The molecule has 0 saturated heterocycles. The molecule has 0 aromatic rings. The van der Waals surface area contributed by atoms with E-state index in [0.29, 0.717) is 0 Å². The molecule has 1 heterocycles. The summed E-state index contributed by atoms with van der Waals surface area (Å²) in [5.41, 5.74) is 1.89. The molecule has 0 aromatic carbocycles. The van der Waals surface area contributed by atoms with Crippen molar-refractivity contribution >= 4 is 5.97 Å². The Morgan fingerprint density at radius 3 is 2.92 bits per heavy atom. The molecular weight excluding hydrogens is 152 g/mol. The Kier molecular flexibility index (Phi) is 2.69. The topological polar surface area (TPSA) is 26.3 Å². The van der Waals surface area contributed by atoms with Crippen molar-refractivity contribution in [3.63, 3.8) is 0 Å². The molecular formula is C10H14O2. The highest BCUT2D eigenvalue weighted by atomic mass is 16.5. The zero-order chi connectivity index (χ0) is 9.14. The minimum Gasteiger partial charge on any atom is -0.454 e. The third-order valence-electron chi connectivity index (χ3n) is 1.92. The first-order chi connectivity index (χ1) is 5.65. The van der Waals surface area contributed by atoms with E-state index in [1.807, 2.05) is 6.92 Å². The van der Waals surface area contributed by atoms with Crippen LogP contribution in [-0.4, -0.2) is 12.1 Å². The van der Waals surface area contributed by atoms with Crippen LogP contribution < -0.4 is 0 Å². The summed E-state index contributed by atoms with van der Waals surface area (Å²) in [4.78, 5) is 10.9. The van der Waals surface area contributed by atoms with Gasteiger partial charge < -0.3 is 4.74 Å². The molecule has 0 bridgehead atoms. The van der Waals surface area contributed by atoms with Crippen LogP contribution in [0.15, 0.2) is 23.8 Å². The first kappa shape index (κ1) is 9.04. The van der Waals surface area contributed by atoms with Gasteiger partial charge in [0.25, 0.3) is 0 Å². The minimum absolute atomic E-state index is 0.0417. The highest BCUT2D eigenvalue weighted by molar-refractivity contribution is 5.87. The predicted octanol–water partition coefficient (Wildman–Crippen LogP) is 2.21. The first-order valence-electron chi connectivity index (χ1n) is 4.23. The van der Waals surface area contributed by atoms with Gasteiger partial charge in [0.1, 0.15) is 6.10 Å². The quantitative estimate of drug-likeness (QED) is 0.601. The smallest absolute Gasteiger partial charge is 0.331 e. The third kappa shape index (κ3) is 1.76. The summed E-state index contributed by atoms with van der Waals surface area (Å²) in [5, 5.41) is 0. The van der Waals surface area contributed by atoms with E-state index < -0.39 is 0 Å². The summed E-state index contributed by atoms with van der Waals surface area (Å²) >= 11 is 0. The van der Waals surface area contributed by atoms with Crippen molar-refractivity contribution in [3.8, 4) is 0 Å². The Hall–Kier alpha value is -1.05. The zero-order valence-corrected chi connectivity index (χ0v) is 7.59. The number of carbonyl (C=O) groups excluding carboxylic acids is 1. The number of ether oxygens (including phenoxy) is 1. The van der Waals surface area contributed by atoms with Crippen molar-refractivity contribution in [1.29, 1.82) is 0 Å². The molecule has 0 saturated carbocycles. The molecule has 0 radical (unpaired) electrons. The van der Waals surface area contributed by atoms with Gasteiger partial charge in [-0.3, -0.25) is 0 Å². The predicted molar refractivity (Wildman–Crippen MR) is 47.7 cm³/mol. The van der Waals surface area contributed by atoms with Crippen LogP contribution in [0.1, 0.15) is 26.7 Å². The molecule has 2 nitrogen and oxygen atoms in total. The van der Waals surface area contributed by atoms with Crippen molar-refractivity contribution in [2.45, 2.75) is 32.8 Å². The van der Waals surface area contributed by atoms with Gasteiger partial charge in [0.05, 0.1) is 0 Å². The minimum atomic E-state index is -0.230. The molecule has 0 aromatic heterocycles. The van der Waals surface area contributed by atoms with Crippen LogP contribution in [0, 0.1) is 0 Å². The second kappa shape index (κ2) is 3.57. The molecule has 1 rings (SSSR count). The lowest BCUT2D eigenvalue weighted by molar-refractivity contribution is -0.138.